The summed E-state index contributed by atoms with van der Waals surface area (Å²) in [5, 5.41) is 60.6. The lowest BCUT2D eigenvalue weighted by Gasteiger charge is -2.27. The second-order valence-corrected chi connectivity index (χ2v) is 15.5. The van der Waals surface area contributed by atoms with E-state index in [0.29, 0.717) is 0 Å². The Bertz CT molecular complexity index is 1810. The molecule has 0 bridgehead atoms. The molecule has 0 rings (SSSR count). The van der Waals surface area contributed by atoms with Crippen LogP contribution in [0.5, 0.6) is 0 Å². The van der Waals surface area contributed by atoms with Gasteiger partial charge < -0.3 is 91.8 Å². The lowest BCUT2D eigenvalue weighted by molar-refractivity contribution is -0.158. The van der Waals surface area contributed by atoms with E-state index in [4.69, 9.17) is 39.5 Å². The molecule has 0 saturated heterocycles. The molecule has 0 aromatic heterocycles. The van der Waals surface area contributed by atoms with Crippen LogP contribution in [0.15, 0.2) is 9.98 Å². The number of nitrogens with two attached hydrogens (primary N) is 6. The second-order valence-electron chi connectivity index (χ2n) is 14.5. The van der Waals surface area contributed by atoms with Crippen molar-refractivity contribution in [2.75, 3.05) is 25.1 Å². The van der Waals surface area contributed by atoms with Crippen LogP contribution in [0.3, 0.4) is 0 Å². The molecule has 0 aromatic carbocycles. The summed E-state index contributed by atoms with van der Waals surface area (Å²) in [6.45, 7) is 0.0758. The highest BCUT2D eigenvalue weighted by atomic mass is 32.2. The summed E-state index contributed by atoms with van der Waals surface area (Å²) in [4.78, 5) is 146. The molecular formula is C36H62N14O16S. The molecule has 0 unspecified atom stereocenters. The minimum atomic E-state index is -2.66. The normalized spacial score (nSPS) is 14.3. The first-order valence-corrected chi connectivity index (χ1v) is 21.7. The Morgan fingerprint density at radius 3 is 1.12 bits per heavy atom. The van der Waals surface area contributed by atoms with Gasteiger partial charge >= 0.3 is 17.9 Å². The smallest absolute Gasteiger partial charge is 0.335 e. The molecule has 30 nitrogen and oxygen atoms in total. The molecule has 31 heteroatoms. The highest BCUT2D eigenvalue weighted by Gasteiger charge is 2.36. The molecule has 0 heterocycles. The first-order chi connectivity index (χ1) is 31.3. The summed E-state index contributed by atoms with van der Waals surface area (Å²) >= 11 is 1.21. The molecule has 8 atom stereocenters. The van der Waals surface area contributed by atoms with Gasteiger partial charge in [-0.3, -0.25) is 57.9 Å². The minimum Gasteiger partial charge on any atom is -0.481 e. The van der Waals surface area contributed by atoms with Gasteiger partial charge in [0.1, 0.15) is 36.3 Å². The molecule has 378 valence electrons. The maximum atomic E-state index is 13.9. The van der Waals surface area contributed by atoms with Gasteiger partial charge in [0.2, 0.25) is 41.4 Å². The van der Waals surface area contributed by atoms with Gasteiger partial charge in [0.25, 0.3) is 5.91 Å². The van der Waals surface area contributed by atoms with Crippen molar-refractivity contribution >= 4 is 88.8 Å². The largest absolute Gasteiger partial charge is 0.481 e. The van der Waals surface area contributed by atoms with Crippen LogP contribution in [0.1, 0.15) is 70.6 Å². The maximum Gasteiger partial charge on any atom is 0.335 e. The number of hydrogen-bond donors (Lipinski definition) is 17. The van der Waals surface area contributed by atoms with Crippen molar-refractivity contribution in [1.29, 1.82) is 0 Å². The van der Waals surface area contributed by atoms with Crippen molar-refractivity contribution in [3.8, 4) is 0 Å². The lowest BCUT2D eigenvalue weighted by Crippen LogP contribution is -2.60. The summed E-state index contributed by atoms with van der Waals surface area (Å²) in [5.41, 5.74) is 32.2. The molecule has 0 fully saturated rings. The van der Waals surface area contributed by atoms with Gasteiger partial charge in [-0.1, -0.05) is 0 Å². The summed E-state index contributed by atoms with van der Waals surface area (Å²) in [6.07, 6.45) is -7.59. The SMILES string of the molecule is CSCC[C@H](NC(=O)[C@H](CCC(=O)O)NC(=O)[C@H](CCC(=O)O)NC(=O)[C@H](O)[C@@H](O)C(=O)O)C(=O)N[C@@H](CCC(N)=O)C(=O)N[C@@H](CCCN=C(N)N)C(=O)N[C@@H](CCCN=C(N)N)C(N)=O. The Morgan fingerprint density at radius 1 is 0.463 bits per heavy atom. The molecule has 0 spiro atoms. The van der Waals surface area contributed by atoms with Crippen LogP contribution in [0.25, 0.3) is 0 Å². The number of hydrogen-bond acceptors (Lipinski definition) is 16. The number of aliphatic carboxylic acids is 3. The van der Waals surface area contributed by atoms with E-state index in [-0.39, 0.29) is 62.9 Å². The van der Waals surface area contributed by atoms with E-state index in [2.05, 4.69) is 36.6 Å². The van der Waals surface area contributed by atoms with Crippen molar-refractivity contribution in [1.82, 2.24) is 31.9 Å². The fourth-order valence-electron chi connectivity index (χ4n) is 5.59. The zero-order valence-corrected chi connectivity index (χ0v) is 37.3. The van der Waals surface area contributed by atoms with E-state index < -0.39 is 152 Å². The van der Waals surface area contributed by atoms with E-state index in [1.54, 1.807) is 6.26 Å². The predicted molar refractivity (Wildman–Crippen MR) is 235 cm³/mol. The van der Waals surface area contributed by atoms with Crippen LogP contribution in [-0.2, 0) is 52.7 Å². The number of aliphatic hydroxyl groups excluding tert-OH is 2. The van der Waals surface area contributed by atoms with Crippen LogP contribution in [0.4, 0.5) is 0 Å². The third-order valence-electron chi connectivity index (χ3n) is 9.12. The van der Waals surface area contributed by atoms with Crippen LogP contribution >= 0.6 is 11.8 Å². The maximum absolute atomic E-state index is 13.9. The molecule has 67 heavy (non-hydrogen) atoms. The molecule has 23 N–H and O–H groups in total. The van der Waals surface area contributed by atoms with Gasteiger partial charge in [0, 0.05) is 32.4 Å². The van der Waals surface area contributed by atoms with Crippen molar-refractivity contribution in [3.05, 3.63) is 0 Å². The number of primary amides is 2. The standard InChI is InChI=1S/C36H62N14O16S/c1-67-15-12-21(49-30(61)19(7-10-23(52)53)48-31(62)20(8-11-24(54)55)50-33(64)25(56)26(57)34(65)66)32(63)47-18(6-9-22(37)51)29(60)46-17(5-3-14-44-36(41)42)28(59)45-16(27(38)58)4-2-13-43-35(39)40/h16-21,25-26,56-57H,2-15H2,1H3,(H2,37,51)(H2,38,58)(H,45,59)(H,46,60)(H,47,63)(H,48,62)(H,49,61)(H,50,64)(H,52,53)(H,54,55)(H,65,66)(H4,39,40,43)(H4,41,42,44)/t16-,17-,18-,19-,20-,21-,25+,26+/m0/s1. The number of carboxylic acids is 3. The summed E-state index contributed by atoms with van der Waals surface area (Å²) in [6, 6.07) is -9.62. The quantitative estimate of drug-likeness (QED) is 0.0159. The number of thioether (sulfide) groups is 1. The molecule has 0 aliphatic rings. The Labute approximate surface area is 387 Å². The Hall–Kier alpha value is -7.02. The predicted octanol–water partition coefficient (Wildman–Crippen LogP) is -7.96. The number of aliphatic imine (C=N–C) groups is 2. The fourth-order valence-corrected chi connectivity index (χ4v) is 6.06. The van der Waals surface area contributed by atoms with Gasteiger partial charge in [0.15, 0.2) is 24.1 Å². The van der Waals surface area contributed by atoms with Crippen molar-refractivity contribution in [3.63, 3.8) is 0 Å². The van der Waals surface area contributed by atoms with Crippen molar-refractivity contribution < 1.29 is 78.3 Å². The lowest BCUT2D eigenvalue weighted by atomic mass is 10.0. The number of guanidine groups is 2. The summed E-state index contributed by atoms with van der Waals surface area (Å²) in [5.74, 6) is -14.3. The van der Waals surface area contributed by atoms with Gasteiger partial charge in [-0.05, 0) is 63.4 Å². The van der Waals surface area contributed by atoms with Crippen LogP contribution < -0.4 is 66.3 Å². The first kappa shape index (κ1) is 60.0. The molecule has 0 saturated carbocycles. The molecular weight excluding hydrogens is 917 g/mol. The van der Waals surface area contributed by atoms with Gasteiger partial charge in [-0.15, -0.1) is 0 Å². The van der Waals surface area contributed by atoms with E-state index in [0.717, 1.165) is 0 Å². The topological polar surface area (TPSA) is 542 Å². The van der Waals surface area contributed by atoms with Crippen LogP contribution in [-0.4, -0.2) is 176 Å². The summed E-state index contributed by atoms with van der Waals surface area (Å²) in [7, 11) is 0. The molecule has 0 aliphatic carbocycles. The first-order valence-electron chi connectivity index (χ1n) is 20.3. The zero-order chi connectivity index (χ0) is 51.4. The van der Waals surface area contributed by atoms with Crippen LogP contribution in [0.2, 0.25) is 0 Å². The monoisotopic (exact) mass is 978 g/mol. The van der Waals surface area contributed by atoms with E-state index >= 15 is 0 Å². The van der Waals surface area contributed by atoms with E-state index in [1.165, 1.54) is 11.8 Å². The van der Waals surface area contributed by atoms with E-state index in [1.807, 2.05) is 5.32 Å². The molecule has 0 radical (unpaired) electrons. The Kier molecular flexibility index (Phi) is 28.5. The number of carbonyl (C=O) groups is 11. The highest BCUT2D eigenvalue weighted by molar-refractivity contribution is 7.98. The van der Waals surface area contributed by atoms with E-state index in [9.17, 15) is 73.2 Å². The minimum absolute atomic E-state index is 0.00992. The average Bonchev–Trinajstić information content (AvgIpc) is 3.24. The molecule has 0 aliphatic heterocycles. The van der Waals surface area contributed by atoms with Gasteiger partial charge in [0.05, 0.1) is 0 Å². The third-order valence-corrected chi connectivity index (χ3v) is 9.76. The van der Waals surface area contributed by atoms with Gasteiger partial charge in [-0.25, -0.2) is 4.79 Å². The average molecular weight is 979 g/mol. The molecule has 8 amide bonds. The highest BCUT2D eigenvalue weighted by Crippen LogP contribution is 2.10. The number of aliphatic hydroxyl groups is 2. The molecule has 0 aromatic rings. The number of rotatable bonds is 35. The third kappa shape index (κ3) is 25.9. The van der Waals surface area contributed by atoms with Crippen molar-refractivity contribution in [2.45, 2.75) is 119 Å². The number of amides is 8. The zero-order valence-electron chi connectivity index (χ0n) is 36.5. The second kappa shape index (κ2) is 31.8. The number of nitrogens with one attached hydrogen (secondary N) is 6. The number of carboxylic acid groups (broad SMARTS) is 3. The summed E-state index contributed by atoms with van der Waals surface area (Å²) < 4.78 is 0. The Morgan fingerprint density at radius 2 is 0.791 bits per heavy atom. The number of carbonyl (C=O) groups excluding carboxylic acids is 8. The number of nitrogens with zero attached hydrogens (tertiary/aromatic N) is 2. The fraction of sp³-hybridized carbons (Fsp3) is 0.639. The van der Waals surface area contributed by atoms with Gasteiger partial charge in [-0.2, -0.15) is 11.8 Å². The van der Waals surface area contributed by atoms with Crippen molar-refractivity contribution in [2.24, 2.45) is 44.4 Å². The van der Waals surface area contributed by atoms with Crippen LogP contribution in [0, 0.1) is 0 Å². The Balaban J connectivity index is 6.69.